The zero-order chi connectivity index (χ0) is 30.1. The first-order chi connectivity index (χ1) is 20.4. The van der Waals surface area contributed by atoms with Crippen LogP contribution in [0.4, 0.5) is 5.69 Å². The lowest BCUT2D eigenvalue weighted by Gasteiger charge is -2.18. The number of carbonyl (C=O) groups is 3. The smallest absolute Gasteiger partial charge is 0.328 e. The maximum Gasteiger partial charge on any atom is 0.328 e. The molecule has 0 bridgehead atoms. The fourth-order valence-corrected chi connectivity index (χ4v) is 4.52. The highest BCUT2D eigenvalue weighted by Gasteiger charge is 2.25. The summed E-state index contributed by atoms with van der Waals surface area (Å²) in [4.78, 5) is 46.7. The number of anilines is 1. The number of hydrogen-bond acceptors (Lipinski definition) is 10. The average Bonchev–Trinajstić information content (AvgIpc) is 3.01. The van der Waals surface area contributed by atoms with E-state index in [-0.39, 0.29) is 26.1 Å². The van der Waals surface area contributed by atoms with Crippen LogP contribution in [-0.2, 0) is 25.6 Å². The average molecular weight is 575 g/mol. The first-order valence-electron chi connectivity index (χ1n) is 13.7. The van der Waals surface area contributed by atoms with Crippen molar-refractivity contribution in [3.63, 3.8) is 0 Å². The van der Waals surface area contributed by atoms with E-state index in [4.69, 9.17) is 18.9 Å². The summed E-state index contributed by atoms with van der Waals surface area (Å²) in [5, 5.41) is 7.72. The van der Waals surface area contributed by atoms with Crippen molar-refractivity contribution in [2.75, 3.05) is 32.8 Å². The summed E-state index contributed by atoms with van der Waals surface area (Å²) in [5.74, 6) is -0.870. The number of fused-ring (bicyclic) bond motifs is 2. The van der Waals surface area contributed by atoms with Gasteiger partial charge < -0.3 is 29.6 Å². The van der Waals surface area contributed by atoms with Crippen LogP contribution in [0.3, 0.4) is 0 Å². The Hall–Kier alpha value is -4.93. The van der Waals surface area contributed by atoms with Gasteiger partial charge >= 0.3 is 11.9 Å². The monoisotopic (exact) mass is 574 g/mol. The van der Waals surface area contributed by atoms with Gasteiger partial charge in [-0.3, -0.25) is 9.59 Å². The predicted molar refractivity (Wildman–Crippen MR) is 158 cm³/mol. The molecule has 11 nitrogen and oxygen atoms in total. The Kier molecular flexibility index (Phi) is 10.1. The molecule has 0 spiro atoms. The highest BCUT2D eigenvalue weighted by Crippen LogP contribution is 2.29. The number of amides is 1. The summed E-state index contributed by atoms with van der Waals surface area (Å²) < 4.78 is 20.6. The SMILES string of the molecule is CCOC(=O)CCC(NC(=O)c1ccc(NCc2ccc3nc(OC)c(OC)nc3c2)c2ccccc12)C(=O)OCC. The van der Waals surface area contributed by atoms with Crippen molar-refractivity contribution in [1.82, 2.24) is 15.3 Å². The van der Waals surface area contributed by atoms with E-state index >= 15 is 0 Å². The molecule has 0 saturated heterocycles. The van der Waals surface area contributed by atoms with Gasteiger partial charge in [0.25, 0.3) is 17.7 Å². The predicted octanol–water partition coefficient (Wildman–Crippen LogP) is 4.42. The Bertz CT molecular complexity index is 1590. The highest BCUT2D eigenvalue weighted by atomic mass is 16.5. The van der Waals surface area contributed by atoms with Crippen LogP contribution in [0.25, 0.3) is 21.8 Å². The van der Waals surface area contributed by atoms with Crippen LogP contribution in [0.15, 0.2) is 54.6 Å². The van der Waals surface area contributed by atoms with Gasteiger partial charge in [-0.15, -0.1) is 0 Å². The van der Waals surface area contributed by atoms with Crippen LogP contribution >= 0.6 is 0 Å². The van der Waals surface area contributed by atoms with Crippen LogP contribution in [0.5, 0.6) is 11.8 Å². The van der Waals surface area contributed by atoms with Gasteiger partial charge in [0.1, 0.15) is 6.04 Å². The van der Waals surface area contributed by atoms with Crippen molar-refractivity contribution in [1.29, 1.82) is 0 Å². The third-order valence-electron chi connectivity index (χ3n) is 6.52. The summed E-state index contributed by atoms with van der Waals surface area (Å²) in [7, 11) is 3.03. The highest BCUT2D eigenvalue weighted by molar-refractivity contribution is 6.11. The maximum atomic E-state index is 13.4. The number of nitrogens with zero attached hydrogens (tertiary/aromatic N) is 2. The van der Waals surface area contributed by atoms with Crippen LogP contribution < -0.4 is 20.1 Å². The van der Waals surface area contributed by atoms with Gasteiger partial charge in [-0.2, -0.15) is 0 Å². The lowest BCUT2D eigenvalue weighted by molar-refractivity contribution is -0.146. The van der Waals surface area contributed by atoms with Gasteiger partial charge in [0.05, 0.1) is 38.5 Å². The van der Waals surface area contributed by atoms with Gasteiger partial charge in [-0.25, -0.2) is 14.8 Å². The normalized spacial score (nSPS) is 11.5. The van der Waals surface area contributed by atoms with Crippen LogP contribution in [0.1, 0.15) is 42.6 Å². The molecule has 11 heteroatoms. The molecular formula is C31H34N4O7. The molecule has 1 unspecified atom stereocenters. The number of rotatable bonds is 13. The zero-order valence-electron chi connectivity index (χ0n) is 24.1. The molecule has 1 heterocycles. The molecular weight excluding hydrogens is 540 g/mol. The molecule has 0 aliphatic rings. The Balaban J connectivity index is 1.54. The van der Waals surface area contributed by atoms with E-state index < -0.39 is 23.9 Å². The van der Waals surface area contributed by atoms with E-state index in [1.54, 1.807) is 19.9 Å². The molecule has 3 aromatic carbocycles. The minimum Gasteiger partial charge on any atom is -0.477 e. The third kappa shape index (κ3) is 7.03. The molecule has 220 valence electrons. The molecule has 42 heavy (non-hydrogen) atoms. The summed E-state index contributed by atoms with van der Waals surface area (Å²) in [6.45, 7) is 4.26. The lowest BCUT2D eigenvalue weighted by atomic mass is 10.0. The van der Waals surface area contributed by atoms with Crippen molar-refractivity contribution in [3.8, 4) is 11.8 Å². The van der Waals surface area contributed by atoms with Gasteiger partial charge in [-0.1, -0.05) is 30.3 Å². The first-order valence-corrected chi connectivity index (χ1v) is 13.7. The van der Waals surface area contributed by atoms with Crippen molar-refractivity contribution in [2.24, 2.45) is 0 Å². The lowest BCUT2D eigenvalue weighted by Crippen LogP contribution is -2.42. The maximum absolute atomic E-state index is 13.4. The number of ether oxygens (including phenoxy) is 4. The molecule has 4 aromatic rings. The van der Waals surface area contributed by atoms with E-state index in [1.165, 1.54) is 14.2 Å². The summed E-state index contributed by atoms with van der Waals surface area (Å²) >= 11 is 0. The van der Waals surface area contributed by atoms with Gasteiger partial charge in [0.15, 0.2) is 0 Å². The number of aromatic nitrogens is 2. The third-order valence-corrected chi connectivity index (χ3v) is 6.52. The van der Waals surface area contributed by atoms with Gasteiger partial charge in [-0.05, 0) is 55.5 Å². The molecule has 1 atom stereocenters. The molecule has 1 aromatic heterocycles. The van der Waals surface area contributed by atoms with Crippen molar-refractivity contribution in [3.05, 3.63) is 65.7 Å². The second kappa shape index (κ2) is 14.1. The minimum absolute atomic E-state index is 0.0259. The Morgan fingerprint density at radius 1 is 0.833 bits per heavy atom. The van der Waals surface area contributed by atoms with E-state index in [0.717, 1.165) is 16.6 Å². The second-order valence-electron chi connectivity index (χ2n) is 9.25. The molecule has 0 saturated carbocycles. The van der Waals surface area contributed by atoms with Crippen LogP contribution in [-0.4, -0.2) is 61.3 Å². The molecule has 0 aliphatic carbocycles. The van der Waals surface area contributed by atoms with Crippen molar-refractivity contribution < 1.29 is 33.3 Å². The van der Waals surface area contributed by atoms with Crippen LogP contribution in [0, 0.1) is 0 Å². The molecule has 0 radical (unpaired) electrons. The van der Waals surface area contributed by atoms with E-state index in [1.807, 2.05) is 48.5 Å². The summed E-state index contributed by atoms with van der Waals surface area (Å²) in [6.07, 6.45) is 0.0393. The summed E-state index contributed by atoms with van der Waals surface area (Å²) in [5.41, 5.74) is 3.53. The molecule has 0 fully saturated rings. The quantitative estimate of drug-likeness (QED) is 0.221. The number of benzene rings is 3. The largest absolute Gasteiger partial charge is 0.477 e. The Labute approximate surface area is 243 Å². The standard InChI is InChI=1S/C31H34N4O7/c1-5-41-27(36)16-15-25(31(38)42-6-2)33-28(37)22-12-14-23(21-10-8-7-9-20(21)22)32-18-19-11-13-24-26(17-19)35-30(40-4)29(34-24)39-3/h7-14,17,25,32H,5-6,15-16,18H2,1-4H3,(H,33,37). The fraction of sp³-hybridized carbons (Fsp3) is 0.323. The second-order valence-corrected chi connectivity index (χ2v) is 9.25. The number of nitrogens with one attached hydrogen (secondary N) is 2. The molecule has 4 rings (SSSR count). The Morgan fingerprint density at radius 3 is 2.21 bits per heavy atom. The van der Waals surface area contributed by atoms with Crippen LogP contribution in [0.2, 0.25) is 0 Å². The van der Waals surface area contributed by atoms with E-state index in [9.17, 15) is 14.4 Å². The number of esters is 2. The van der Waals surface area contributed by atoms with Crippen molar-refractivity contribution >= 4 is 45.3 Å². The van der Waals surface area contributed by atoms with Gasteiger partial charge in [0, 0.05) is 29.6 Å². The van der Waals surface area contributed by atoms with Crippen molar-refractivity contribution in [2.45, 2.75) is 39.3 Å². The topological polar surface area (TPSA) is 138 Å². The fourth-order valence-electron chi connectivity index (χ4n) is 4.52. The van der Waals surface area contributed by atoms with Gasteiger partial charge in [0.2, 0.25) is 0 Å². The first kappa shape index (κ1) is 30.0. The Morgan fingerprint density at radius 2 is 1.52 bits per heavy atom. The van der Waals surface area contributed by atoms with E-state index in [2.05, 4.69) is 20.6 Å². The summed E-state index contributed by atoms with van der Waals surface area (Å²) in [6, 6.07) is 15.8. The molecule has 1 amide bonds. The number of methoxy groups -OCH3 is 2. The number of carbonyl (C=O) groups excluding carboxylic acids is 3. The molecule has 0 aliphatic heterocycles. The molecule has 2 N–H and O–H groups in total. The zero-order valence-corrected chi connectivity index (χ0v) is 24.1. The minimum atomic E-state index is -0.993. The van der Waals surface area contributed by atoms with E-state index in [0.29, 0.717) is 40.3 Å². The number of hydrogen-bond donors (Lipinski definition) is 2.